The molecule has 1 fully saturated rings. The molecule has 144 valence electrons. The molecule has 1 saturated carbocycles. The molecule has 24 heavy (non-hydrogen) atoms. The highest BCUT2D eigenvalue weighted by Crippen LogP contribution is 2.28. The minimum Gasteiger partial charge on any atom is -0.379 e. The molecule has 0 aromatic rings. The summed E-state index contributed by atoms with van der Waals surface area (Å²) >= 11 is 0. The molecule has 0 bridgehead atoms. The van der Waals surface area contributed by atoms with Crippen LogP contribution < -0.4 is 5.32 Å². The van der Waals surface area contributed by atoms with Crippen LogP contribution in [0.15, 0.2) is 4.99 Å². The Morgan fingerprint density at radius 1 is 1.25 bits per heavy atom. The monoisotopic (exact) mass is 466 g/mol. The van der Waals surface area contributed by atoms with Crippen LogP contribution in [-0.4, -0.2) is 82.0 Å². The molecule has 0 aromatic carbocycles. The van der Waals surface area contributed by atoms with Crippen LogP contribution in [-0.2, 0) is 4.74 Å². The van der Waals surface area contributed by atoms with E-state index in [9.17, 15) is 13.2 Å². The molecule has 9 heteroatoms. The zero-order valence-corrected chi connectivity index (χ0v) is 17.1. The molecule has 1 N–H and O–H groups in total. The fourth-order valence-electron chi connectivity index (χ4n) is 2.02. The van der Waals surface area contributed by atoms with Gasteiger partial charge in [-0.1, -0.05) is 0 Å². The maximum absolute atomic E-state index is 12.3. The molecule has 0 saturated heterocycles. The smallest absolute Gasteiger partial charge is 0.379 e. The first kappa shape index (κ1) is 23.7. The van der Waals surface area contributed by atoms with E-state index in [2.05, 4.69) is 10.3 Å². The molecule has 0 heterocycles. The SMILES string of the molecule is CCNC(=NCCN(C)CC(F)(F)F)N(C)CCOCC1CC1.I. The average Bonchev–Trinajstić information content (AvgIpc) is 3.24. The number of nitrogens with zero attached hydrogens (tertiary/aromatic N) is 3. The van der Waals surface area contributed by atoms with Crippen molar-refractivity contribution >= 4 is 29.9 Å². The highest BCUT2D eigenvalue weighted by molar-refractivity contribution is 14.0. The molecule has 0 unspecified atom stereocenters. The number of aliphatic imine (C=N–C) groups is 1. The summed E-state index contributed by atoms with van der Waals surface area (Å²) in [6.45, 7) is 4.51. The van der Waals surface area contributed by atoms with Crippen LogP contribution >= 0.6 is 24.0 Å². The Hall–Kier alpha value is -0.290. The topological polar surface area (TPSA) is 40.1 Å². The minimum absolute atomic E-state index is 0. The molecule has 1 aliphatic rings. The lowest BCUT2D eigenvalue weighted by Gasteiger charge is -2.23. The Balaban J connectivity index is 0.00000529. The first-order valence-corrected chi connectivity index (χ1v) is 8.14. The minimum atomic E-state index is -4.17. The van der Waals surface area contributed by atoms with Crippen molar-refractivity contribution in [3.8, 4) is 0 Å². The predicted molar refractivity (Wildman–Crippen MR) is 101 cm³/mol. The van der Waals surface area contributed by atoms with Crippen molar-refractivity contribution in [2.24, 2.45) is 10.9 Å². The molecule has 1 aliphatic carbocycles. The van der Waals surface area contributed by atoms with Crippen LogP contribution in [0.2, 0.25) is 0 Å². The van der Waals surface area contributed by atoms with Crippen molar-refractivity contribution in [2.75, 3.05) is 60.0 Å². The summed E-state index contributed by atoms with van der Waals surface area (Å²) < 4.78 is 42.4. The van der Waals surface area contributed by atoms with Gasteiger partial charge in [0.1, 0.15) is 0 Å². The molecule has 0 aromatic heterocycles. The third kappa shape index (κ3) is 12.1. The second-order valence-corrected chi connectivity index (χ2v) is 6.03. The van der Waals surface area contributed by atoms with Crippen LogP contribution in [0.4, 0.5) is 13.2 Å². The number of hydrogen-bond acceptors (Lipinski definition) is 3. The summed E-state index contributed by atoms with van der Waals surface area (Å²) in [7, 11) is 3.35. The summed E-state index contributed by atoms with van der Waals surface area (Å²) in [6, 6.07) is 0. The third-order valence-electron chi connectivity index (χ3n) is 3.51. The van der Waals surface area contributed by atoms with Gasteiger partial charge in [0.2, 0.25) is 0 Å². The van der Waals surface area contributed by atoms with Crippen LogP contribution in [0.5, 0.6) is 0 Å². The lowest BCUT2D eigenvalue weighted by atomic mass is 10.5. The highest BCUT2D eigenvalue weighted by Gasteiger charge is 2.28. The standard InChI is InChI=1S/C15H29F3N4O.HI/c1-4-19-14(20-7-8-21(2)12-15(16,17)18)22(3)9-10-23-11-13-5-6-13;/h13H,4-12H2,1-3H3,(H,19,20);1H. The van der Waals surface area contributed by atoms with Gasteiger partial charge in [0.25, 0.3) is 0 Å². The van der Waals surface area contributed by atoms with Gasteiger partial charge in [0, 0.05) is 33.3 Å². The van der Waals surface area contributed by atoms with Crippen molar-refractivity contribution in [3.63, 3.8) is 0 Å². The molecule has 0 atom stereocenters. The van der Waals surface area contributed by atoms with Gasteiger partial charge >= 0.3 is 6.18 Å². The number of alkyl halides is 3. The quantitative estimate of drug-likeness (QED) is 0.233. The number of rotatable bonds is 10. The fraction of sp³-hybridized carbons (Fsp3) is 0.933. The van der Waals surface area contributed by atoms with Gasteiger partial charge in [0.05, 0.1) is 19.7 Å². The summed E-state index contributed by atoms with van der Waals surface area (Å²) in [5, 5.41) is 3.15. The van der Waals surface area contributed by atoms with E-state index < -0.39 is 12.7 Å². The highest BCUT2D eigenvalue weighted by atomic mass is 127. The molecular formula is C15H30F3IN4O. The Bertz CT molecular complexity index is 365. The van der Waals surface area contributed by atoms with Crippen molar-refractivity contribution in [3.05, 3.63) is 0 Å². The third-order valence-corrected chi connectivity index (χ3v) is 3.51. The molecule has 0 aliphatic heterocycles. The normalized spacial score (nSPS) is 15.4. The van der Waals surface area contributed by atoms with Crippen molar-refractivity contribution < 1.29 is 17.9 Å². The Morgan fingerprint density at radius 3 is 2.46 bits per heavy atom. The van der Waals surface area contributed by atoms with Crippen molar-refractivity contribution in [1.82, 2.24) is 15.1 Å². The molecule has 5 nitrogen and oxygen atoms in total. The lowest BCUT2D eigenvalue weighted by molar-refractivity contribution is -0.142. The Morgan fingerprint density at radius 2 is 1.92 bits per heavy atom. The van der Waals surface area contributed by atoms with E-state index in [1.165, 1.54) is 24.8 Å². The van der Waals surface area contributed by atoms with E-state index in [4.69, 9.17) is 4.74 Å². The second kappa shape index (κ2) is 12.1. The maximum atomic E-state index is 12.3. The van der Waals surface area contributed by atoms with E-state index in [1.807, 2.05) is 18.9 Å². The summed E-state index contributed by atoms with van der Waals surface area (Å²) in [5.41, 5.74) is 0. The van der Waals surface area contributed by atoms with Crippen LogP contribution in [0.25, 0.3) is 0 Å². The molecule has 1 rings (SSSR count). The largest absolute Gasteiger partial charge is 0.401 e. The van der Waals surface area contributed by atoms with E-state index in [-0.39, 0.29) is 30.5 Å². The summed E-state index contributed by atoms with van der Waals surface area (Å²) in [5.74, 6) is 1.44. The fourth-order valence-corrected chi connectivity index (χ4v) is 2.02. The van der Waals surface area contributed by atoms with E-state index >= 15 is 0 Å². The van der Waals surface area contributed by atoms with Gasteiger partial charge in [0.15, 0.2) is 5.96 Å². The van der Waals surface area contributed by atoms with E-state index in [1.54, 1.807) is 0 Å². The number of ether oxygens (including phenoxy) is 1. The Labute approximate surface area is 160 Å². The van der Waals surface area contributed by atoms with Crippen LogP contribution in [0.3, 0.4) is 0 Å². The number of nitrogens with one attached hydrogen (secondary N) is 1. The lowest BCUT2D eigenvalue weighted by Crippen LogP contribution is -2.41. The van der Waals surface area contributed by atoms with Gasteiger partial charge in [-0.3, -0.25) is 9.89 Å². The van der Waals surface area contributed by atoms with E-state index in [0.29, 0.717) is 32.2 Å². The number of likely N-dealkylation sites (N-methyl/N-ethyl adjacent to an activating group) is 2. The molecular weight excluding hydrogens is 436 g/mol. The second-order valence-electron chi connectivity index (χ2n) is 6.03. The van der Waals surface area contributed by atoms with Gasteiger partial charge in [-0.05, 0) is 32.7 Å². The number of hydrogen-bond donors (Lipinski definition) is 1. The average molecular weight is 466 g/mol. The van der Waals surface area contributed by atoms with Crippen molar-refractivity contribution in [1.29, 1.82) is 0 Å². The summed E-state index contributed by atoms with van der Waals surface area (Å²) in [6.07, 6.45) is -1.63. The van der Waals surface area contributed by atoms with E-state index in [0.717, 1.165) is 12.5 Å². The van der Waals surface area contributed by atoms with Gasteiger partial charge in [-0.15, -0.1) is 24.0 Å². The van der Waals surface area contributed by atoms with Crippen LogP contribution in [0, 0.1) is 5.92 Å². The first-order valence-electron chi connectivity index (χ1n) is 8.14. The Kier molecular flexibility index (Phi) is 12.0. The van der Waals surface area contributed by atoms with Gasteiger partial charge in [-0.25, -0.2) is 0 Å². The zero-order valence-electron chi connectivity index (χ0n) is 14.7. The molecule has 0 spiro atoms. The molecule has 0 amide bonds. The summed E-state index contributed by atoms with van der Waals surface area (Å²) in [4.78, 5) is 7.55. The van der Waals surface area contributed by atoms with Gasteiger partial charge in [-0.2, -0.15) is 13.2 Å². The molecule has 0 radical (unpaired) electrons. The predicted octanol–water partition coefficient (Wildman–Crippen LogP) is 2.42. The first-order chi connectivity index (χ1) is 10.8. The van der Waals surface area contributed by atoms with Crippen LogP contribution in [0.1, 0.15) is 19.8 Å². The van der Waals surface area contributed by atoms with Gasteiger partial charge < -0.3 is 15.0 Å². The zero-order chi connectivity index (χ0) is 17.3. The number of guanidine groups is 1. The number of halogens is 4. The van der Waals surface area contributed by atoms with Crippen molar-refractivity contribution in [2.45, 2.75) is 25.9 Å². The maximum Gasteiger partial charge on any atom is 0.401 e.